The van der Waals surface area contributed by atoms with E-state index in [0.717, 1.165) is 28.9 Å². The van der Waals surface area contributed by atoms with Crippen molar-refractivity contribution in [2.75, 3.05) is 6.61 Å². The fraction of sp³-hybridized carbons (Fsp3) is 0.368. The first-order chi connectivity index (χ1) is 13.1. The first-order valence-corrected chi connectivity index (χ1v) is 12.1. The van der Waals surface area contributed by atoms with Crippen molar-refractivity contribution >= 4 is 172 Å². The van der Waals surface area contributed by atoms with E-state index in [9.17, 15) is 13.0 Å². The number of ether oxygens (including phenoxy) is 1. The van der Waals surface area contributed by atoms with Gasteiger partial charge in [-0.05, 0) is 54.5 Å². The minimum Gasteiger partial charge on any atom is -0.494 e. The average molecular weight is 546 g/mol. The first kappa shape index (κ1) is 36.4. The zero-order chi connectivity index (χ0) is 20.8. The molecule has 2 aromatic carbocycles. The van der Waals surface area contributed by atoms with Gasteiger partial charge in [-0.3, -0.25) is 9.12 Å². The van der Waals surface area contributed by atoms with Crippen molar-refractivity contribution in [1.82, 2.24) is 0 Å². The second-order valence-corrected chi connectivity index (χ2v) is 10.3. The summed E-state index contributed by atoms with van der Waals surface area (Å²) in [7, 11) is -9.74. The second-order valence-electron chi connectivity index (χ2n) is 6.52. The van der Waals surface area contributed by atoms with E-state index in [4.69, 9.17) is 19.1 Å². The normalized spacial score (nSPS) is 12.0. The predicted molar refractivity (Wildman–Crippen MR) is 125 cm³/mol. The van der Waals surface area contributed by atoms with Crippen molar-refractivity contribution < 1.29 is 32.1 Å². The van der Waals surface area contributed by atoms with Crippen LogP contribution in [-0.4, -0.2) is 189 Å². The molecule has 7 nitrogen and oxygen atoms in total. The van der Waals surface area contributed by atoms with Gasteiger partial charge in [-0.15, -0.1) is 0 Å². The molecule has 0 saturated carbocycles. The third kappa shape index (κ3) is 13.4. The molecule has 12 heteroatoms. The molecule has 0 aromatic heterocycles. The Morgan fingerprint density at radius 1 is 1.00 bits per heavy atom. The topological polar surface area (TPSA) is 121 Å². The van der Waals surface area contributed by atoms with E-state index in [1.807, 2.05) is 55.5 Å². The zero-order valence-electron chi connectivity index (χ0n) is 18.6. The van der Waals surface area contributed by atoms with Crippen molar-refractivity contribution in [1.29, 1.82) is 0 Å². The molecule has 3 radical (unpaired) electrons. The maximum atomic E-state index is 11.3. The minimum atomic E-state index is -4.93. The van der Waals surface area contributed by atoms with Crippen molar-refractivity contribution in [3.8, 4) is 16.9 Å². The molecular weight excluding hydrogens is 521 g/mol. The second kappa shape index (κ2) is 17.6. The molecule has 0 aliphatic carbocycles. The summed E-state index contributed by atoms with van der Waals surface area (Å²) in [4.78, 5) is 16.1. The van der Waals surface area contributed by atoms with Crippen LogP contribution in [0.5, 0.6) is 5.75 Å². The fourth-order valence-corrected chi connectivity index (χ4v) is 5.19. The van der Waals surface area contributed by atoms with Crippen molar-refractivity contribution in [2.45, 2.75) is 37.6 Å². The van der Waals surface area contributed by atoms with E-state index in [0.29, 0.717) is 13.0 Å². The molecule has 31 heavy (non-hydrogen) atoms. The summed E-state index contributed by atoms with van der Waals surface area (Å²) < 4.78 is 48.3. The molecule has 0 spiro atoms. The van der Waals surface area contributed by atoms with Crippen molar-refractivity contribution in [3.63, 3.8) is 0 Å². The van der Waals surface area contributed by atoms with Crippen molar-refractivity contribution in [2.24, 2.45) is 0 Å². The van der Waals surface area contributed by atoms with Crippen LogP contribution in [0.4, 0.5) is 0 Å². The number of hydrogen-bond donors (Lipinski definition) is 3. The number of rotatable bonds is 10. The summed E-state index contributed by atoms with van der Waals surface area (Å²) in [6.45, 7) is 2.70. The smallest absolute Gasteiger partial charge is 0.346 e. The molecule has 0 aliphatic rings. The molecule has 0 amide bonds. The van der Waals surface area contributed by atoms with E-state index in [2.05, 4.69) is 0 Å². The molecule has 0 heterocycles. The van der Waals surface area contributed by atoms with Crippen molar-refractivity contribution in [3.05, 3.63) is 54.1 Å². The Morgan fingerprint density at radius 3 is 2.13 bits per heavy atom. The molecule has 2 aromatic rings. The molecular formula is C19H25K3O7PS. The molecule has 1 unspecified atom stereocenters. The summed E-state index contributed by atoms with van der Waals surface area (Å²) in [5.74, 6) is 0.803. The third-order valence-corrected chi connectivity index (χ3v) is 7.78. The fourth-order valence-electron chi connectivity index (χ4n) is 2.82. The standard InChI is InChI=1S/C19H25O7PS.3K/c1-2-13-26-18-7-4-6-17(14-18)16-11-9-15(10-12-16)5-3-8-19(27(20,21)22)28(23,24)25;;;/h4,6-7,9-12,14,19H,2-3,5,8,13H2,1H3,(H2,20,21,22)(H,23,24,25);;;. The van der Waals surface area contributed by atoms with Crippen LogP contribution < -0.4 is 4.74 Å². The Hall–Kier alpha value is 3.21. The van der Waals surface area contributed by atoms with Gasteiger partial charge in [0.15, 0.2) is 4.99 Å². The van der Waals surface area contributed by atoms with Gasteiger partial charge in [0.25, 0.3) is 10.1 Å². The van der Waals surface area contributed by atoms with Gasteiger partial charge in [0, 0.05) is 154 Å². The van der Waals surface area contributed by atoms with Gasteiger partial charge >= 0.3 is 7.60 Å². The molecule has 0 saturated heterocycles. The van der Waals surface area contributed by atoms with E-state index in [1.165, 1.54) is 0 Å². The van der Waals surface area contributed by atoms with Gasteiger partial charge in [0.05, 0.1) is 6.61 Å². The van der Waals surface area contributed by atoms with Gasteiger partial charge in [-0.1, -0.05) is 43.3 Å². The van der Waals surface area contributed by atoms with Crippen LogP contribution in [0.3, 0.4) is 0 Å². The maximum Gasteiger partial charge on any atom is 0.346 e. The molecule has 0 aliphatic heterocycles. The van der Waals surface area contributed by atoms with Gasteiger partial charge in [0.1, 0.15) is 5.75 Å². The van der Waals surface area contributed by atoms with Crippen LogP contribution in [0.1, 0.15) is 31.7 Å². The zero-order valence-corrected chi connectivity index (χ0v) is 29.6. The SMILES string of the molecule is CCCOc1cccc(-c2ccc(CCCC(P(=O)(O)O)S(=O)(=O)O)cc2)c1.[K].[K].[K]. The molecule has 2 rings (SSSR count). The Kier molecular flexibility index (Phi) is 20.7. The van der Waals surface area contributed by atoms with E-state index >= 15 is 0 Å². The van der Waals surface area contributed by atoms with Gasteiger partial charge in [-0.2, -0.15) is 8.42 Å². The molecule has 157 valence electrons. The van der Waals surface area contributed by atoms with E-state index in [-0.39, 0.29) is 167 Å². The Morgan fingerprint density at radius 2 is 1.61 bits per heavy atom. The van der Waals surface area contributed by atoms with Crippen LogP contribution >= 0.6 is 7.60 Å². The molecule has 3 N–H and O–H groups in total. The van der Waals surface area contributed by atoms with Gasteiger partial charge in [0.2, 0.25) is 0 Å². The van der Waals surface area contributed by atoms with Gasteiger partial charge < -0.3 is 14.5 Å². The molecule has 0 fully saturated rings. The number of benzene rings is 2. The predicted octanol–water partition coefficient (Wildman–Crippen LogP) is 2.71. The average Bonchev–Trinajstić information content (AvgIpc) is 2.62. The van der Waals surface area contributed by atoms with Gasteiger partial charge in [-0.25, -0.2) is 0 Å². The number of hydrogen-bond acceptors (Lipinski definition) is 4. The monoisotopic (exact) mass is 545 g/mol. The Labute approximate surface area is 312 Å². The summed E-state index contributed by atoms with van der Waals surface area (Å²) >= 11 is 0. The maximum absolute atomic E-state index is 11.3. The van der Waals surface area contributed by atoms with Crippen LogP contribution in [0.15, 0.2) is 48.5 Å². The summed E-state index contributed by atoms with van der Waals surface area (Å²) in [5.41, 5.74) is 2.91. The van der Waals surface area contributed by atoms with E-state index < -0.39 is 22.7 Å². The summed E-state index contributed by atoms with van der Waals surface area (Å²) in [6, 6.07) is 15.4. The Balaban J connectivity index is 0. The van der Waals surface area contributed by atoms with Crippen LogP contribution in [0, 0.1) is 0 Å². The van der Waals surface area contributed by atoms with E-state index in [1.54, 1.807) is 0 Å². The molecule has 0 bridgehead atoms. The van der Waals surface area contributed by atoms with Crippen LogP contribution in [0.25, 0.3) is 11.1 Å². The minimum absolute atomic E-state index is 0. The van der Waals surface area contributed by atoms with Crippen LogP contribution in [-0.2, 0) is 21.1 Å². The Bertz CT molecular complexity index is 934. The molecule has 1 atom stereocenters. The third-order valence-electron chi connectivity index (χ3n) is 4.23. The largest absolute Gasteiger partial charge is 0.494 e. The first-order valence-electron chi connectivity index (χ1n) is 8.95. The quantitative estimate of drug-likeness (QED) is 0.238. The van der Waals surface area contributed by atoms with Crippen LogP contribution in [0.2, 0.25) is 0 Å². The summed E-state index contributed by atoms with van der Waals surface area (Å²) in [5, 5.41) is 0. The number of aryl methyl sites for hydroxylation is 1. The summed E-state index contributed by atoms with van der Waals surface area (Å²) in [6.07, 6.45) is 1.27.